The van der Waals surface area contributed by atoms with E-state index in [9.17, 15) is 4.39 Å². The molecule has 0 aliphatic rings. The van der Waals surface area contributed by atoms with E-state index in [0.717, 1.165) is 0 Å². The van der Waals surface area contributed by atoms with Gasteiger partial charge in [-0.15, -0.1) is 12.4 Å². The van der Waals surface area contributed by atoms with Crippen molar-refractivity contribution in [3.63, 3.8) is 0 Å². The number of ether oxygens (including phenoxy) is 1. The first-order valence-electron chi connectivity index (χ1n) is 4.73. The topological polar surface area (TPSA) is 35.2 Å². The number of halogens is 2. The maximum atomic E-state index is 12.7. The van der Waals surface area contributed by atoms with Gasteiger partial charge in [-0.25, -0.2) is 4.39 Å². The Bertz CT molecular complexity index is 294. The fourth-order valence-electron chi connectivity index (χ4n) is 0.942. The van der Waals surface area contributed by atoms with Gasteiger partial charge in [0.15, 0.2) is 0 Å². The molecule has 1 rings (SSSR count). The zero-order valence-corrected chi connectivity index (χ0v) is 9.76. The maximum Gasteiger partial charge on any atom is 0.126 e. The third kappa shape index (κ3) is 5.00. The minimum absolute atomic E-state index is 0. The summed E-state index contributed by atoms with van der Waals surface area (Å²) in [5, 5.41) is 0. The molecule has 1 aromatic carbocycles. The summed E-state index contributed by atoms with van der Waals surface area (Å²) in [7, 11) is 0. The van der Waals surface area contributed by atoms with Gasteiger partial charge in [0, 0.05) is 12.1 Å². The molecule has 1 atom stereocenters. The van der Waals surface area contributed by atoms with E-state index in [2.05, 4.69) is 0 Å². The van der Waals surface area contributed by atoms with Crippen molar-refractivity contribution in [2.45, 2.75) is 19.9 Å². The van der Waals surface area contributed by atoms with Crippen LogP contribution in [0.25, 0.3) is 0 Å². The molecule has 1 unspecified atom stereocenters. The zero-order chi connectivity index (χ0) is 10.6. The quantitative estimate of drug-likeness (QED) is 0.868. The molecule has 0 radical (unpaired) electrons. The molecule has 0 aromatic heterocycles. The smallest absolute Gasteiger partial charge is 0.126 e. The van der Waals surface area contributed by atoms with Gasteiger partial charge in [0.05, 0.1) is 0 Å². The van der Waals surface area contributed by atoms with E-state index in [1.54, 1.807) is 12.1 Å². The molecule has 0 saturated carbocycles. The molecule has 0 amide bonds. The third-order valence-electron chi connectivity index (χ3n) is 2.09. The van der Waals surface area contributed by atoms with Gasteiger partial charge < -0.3 is 10.5 Å². The predicted octanol–water partition coefficient (Wildman–Crippen LogP) is 2.61. The molecule has 0 aliphatic heterocycles. The molecule has 2 nitrogen and oxygen atoms in total. The monoisotopic (exact) mass is 233 g/mol. The van der Waals surface area contributed by atoms with Gasteiger partial charge in [-0.1, -0.05) is 19.9 Å². The minimum atomic E-state index is -0.291. The first-order valence-corrected chi connectivity index (χ1v) is 4.73. The molecule has 0 fully saturated rings. The zero-order valence-electron chi connectivity index (χ0n) is 8.94. The van der Waals surface area contributed by atoms with E-state index in [4.69, 9.17) is 10.5 Å². The average Bonchev–Trinajstić information content (AvgIpc) is 2.14. The lowest BCUT2D eigenvalue weighted by Gasteiger charge is -2.16. The molecule has 2 N–H and O–H groups in total. The fraction of sp³-hybridized carbons (Fsp3) is 0.455. The lowest BCUT2D eigenvalue weighted by Crippen LogP contribution is -2.32. The van der Waals surface area contributed by atoms with Crippen LogP contribution in [0, 0.1) is 11.7 Å². The van der Waals surface area contributed by atoms with E-state index in [1.165, 1.54) is 12.1 Å². The van der Waals surface area contributed by atoms with Crippen LogP contribution in [0.4, 0.5) is 4.39 Å². The number of benzene rings is 1. The SMILES string of the molecule is CC(C)C(N)COc1cccc(F)c1.Cl. The molecular formula is C11H17ClFNO. The normalized spacial score (nSPS) is 12.1. The fourth-order valence-corrected chi connectivity index (χ4v) is 0.942. The molecule has 4 heteroatoms. The molecule has 1 aromatic rings. The Morgan fingerprint density at radius 1 is 1.40 bits per heavy atom. The summed E-state index contributed by atoms with van der Waals surface area (Å²) in [6, 6.07) is 6.06. The Hall–Kier alpha value is -0.800. The van der Waals surface area contributed by atoms with E-state index in [0.29, 0.717) is 18.3 Å². The van der Waals surface area contributed by atoms with E-state index in [1.807, 2.05) is 13.8 Å². The Balaban J connectivity index is 0.00000196. The van der Waals surface area contributed by atoms with E-state index in [-0.39, 0.29) is 24.3 Å². The summed E-state index contributed by atoms with van der Waals surface area (Å²) in [6.07, 6.45) is 0. The molecule has 0 bridgehead atoms. The standard InChI is InChI=1S/C11H16FNO.ClH/c1-8(2)11(13)7-14-10-5-3-4-9(12)6-10;/h3-6,8,11H,7,13H2,1-2H3;1H. The summed E-state index contributed by atoms with van der Waals surface area (Å²) in [5.74, 6) is 0.602. The van der Waals surface area contributed by atoms with Crippen LogP contribution >= 0.6 is 12.4 Å². The molecule has 0 saturated heterocycles. The molecule has 0 heterocycles. The van der Waals surface area contributed by atoms with Crippen LogP contribution in [-0.4, -0.2) is 12.6 Å². The first-order chi connectivity index (χ1) is 6.59. The van der Waals surface area contributed by atoms with Gasteiger partial charge in [-0.2, -0.15) is 0 Å². The van der Waals surface area contributed by atoms with Crippen molar-refractivity contribution >= 4 is 12.4 Å². The van der Waals surface area contributed by atoms with Crippen LogP contribution in [0.5, 0.6) is 5.75 Å². The highest BCUT2D eigenvalue weighted by molar-refractivity contribution is 5.85. The van der Waals surface area contributed by atoms with E-state index < -0.39 is 0 Å². The van der Waals surface area contributed by atoms with Gasteiger partial charge in [0.1, 0.15) is 18.2 Å². The summed E-state index contributed by atoms with van der Waals surface area (Å²) in [4.78, 5) is 0. The first kappa shape index (κ1) is 14.2. The second kappa shape index (κ2) is 6.64. The number of nitrogens with two attached hydrogens (primary N) is 1. The van der Waals surface area contributed by atoms with Gasteiger partial charge >= 0.3 is 0 Å². The second-order valence-corrected chi connectivity index (χ2v) is 3.68. The molecule has 15 heavy (non-hydrogen) atoms. The van der Waals surface area contributed by atoms with Crippen molar-refractivity contribution in [3.05, 3.63) is 30.1 Å². The highest BCUT2D eigenvalue weighted by Gasteiger charge is 2.08. The second-order valence-electron chi connectivity index (χ2n) is 3.68. The number of rotatable bonds is 4. The van der Waals surface area contributed by atoms with Crippen LogP contribution < -0.4 is 10.5 Å². The van der Waals surface area contributed by atoms with Gasteiger partial charge in [-0.05, 0) is 18.1 Å². The highest BCUT2D eigenvalue weighted by Crippen LogP contribution is 2.12. The summed E-state index contributed by atoms with van der Waals surface area (Å²) < 4.78 is 18.1. The number of hydrogen-bond donors (Lipinski definition) is 1. The summed E-state index contributed by atoms with van der Waals surface area (Å²) in [5.41, 5.74) is 5.78. The maximum absolute atomic E-state index is 12.7. The van der Waals surface area contributed by atoms with E-state index >= 15 is 0 Å². The largest absolute Gasteiger partial charge is 0.492 e. The van der Waals surface area contributed by atoms with Crippen molar-refractivity contribution in [3.8, 4) is 5.75 Å². The number of hydrogen-bond acceptors (Lipinski definition) is 2. The van der Waals surface area contributed by atoms with Crippen LogP contribution in [0.15, 0.2) is 24.3 Å². The van der Waals surface area contributed by atoms with Crippen molar-refractivity contribution in [2.75, 3.05) is 6.61 Å². The average molecular weight is 234 g/mol. The van der Waals surface area contributed by atoms with Crippen LogP contribution in [0.2, 0.25) is 0 Å². The minimum Gasteiger partial charge on any atom is -0.492 e. The van der Waals surface area contributed by atoms with Crippen molar-refractivity contribution in [2.24, 2.45) is 11.7 Å². The molecule has 0 aliphatic carbocycles. The van der Waals surface area contributed by atoms with Crippen molar-refractivity contribution < 1.29 is 9.13 Å². The Morgan fingerprint density at radius 3 is 2.60 bits per heavy atom. The summed E-state index contributed by atoms with van der Waals surface area (Å²) >= 11 is 0. The van der Waals surface area contributed by atoms with Gasteiger partial charge in [-0.3, -0.25) is 0 Å². The molecule has 0 spiro atoms. The van der Waals surface area contributed by atoms with Gasteiger partial charge in [0.25, 0.3) is 0 Å². The Kier molecular flexibility index (Phi) is 6.29. The Labute approximate surface area is 96.0 Å². The van der Waals surface area contributed by atoms with Crippen LogP contribution in [0.1, 0.15) is 13.8 Å². The third-order valence-corrected chi connectivity index (χ3v) is 2.09. The lowest BCUT2D eigenvalue weighted by atomic mass is 10.1. The summed E-state index contributed by atoms with van der Waals surface area (Å²) in [6.45, 7) is 4.47. The van der Waals surface area contributed by atoms with Crippen LogP contribution in [-0.2, 0) is 0 Å². The van der Waals surface area contributed by atoms with Crippen molar-refractivity contribution in [1.82, 2.24) is 0 Å². The predicted molar refractivity (Wildman–Crippen MR) is 62.0 cm³/mol. The molecule has 86 valence electrons. The lowest BCUT2D eigenvalue weighted by molar-refractivity contribution is 0.258. The van der Waals surface area contributed by atoms with Crippen LogP contribution in [0.3, 0.4) is 0 Å². The highest BCUT2D eigenvalue weighted by atomic mass is 35.5. The van der Waals surface area contributed by atoms with Gasteiger partial charge in [0.2, 0.25) is 0 Å². The van der Waals surface area contributed by atoms with Crippen molar-refractivity contribution in [1.29, 1.82) is 0 Å². The Morgan fingerprint density at radius 2 is 2.07 bits per heavy atom. The molecular weight excluding hydrogens is 217 g/mol.